The largest absolute Gasteiger partial charge is 0.480 e. The fraction of sp³-hybridized carbons (Fsp3) is 0.227. The SMILES string of the molecule is CSCCC(NC(=O)/C(C#N)=C\N(Cc1ccccc1)c1ccccc1)C(=O)O. The van der Waals surface area contributed by atoms with Crippen LogP contribution < -0.4 is 10.2 Å². The van der Waals surface area contributed by atoms with E-state index in [1.165, 1.54) is 18.0 Å². The molecule has 0 bridgehead atoms. The summed E-state index contributed by atoms with van der Waals surface area (Å²) in [6.45, 7) is 0.456. The van der Waals surface area contributed by atoms with Gasteiger partial charge in [0.25, 0.3) is 5.91 Å². The number of hydrogen-bond donors (Lipinski definition) is 2. The molecule has 0 spiro atoms. The summed E-state index contributed by atoms with van der Waals surface area (Å²) < 4.78 is 0. The number of anilines is 1. The van der Waals surface area contributed by atoms with E-state index in [1.54, 1.807) is 4.90 Å². The minimum absolute atomic E-state index is 0.153. The van der Waals surface area contributed by atoms with E-state index in [2.05, 4.69) is 5.32 Å². The van der Waals surface area contributed by atoms with E-state index >= 15 is 0 Å². The Labute approximate surface area is 174 Å². The predicted octanol–water partition coefficient (Wildman–Crippen LogP) is 3.42. The number of carbonyl (C=O) groups excluding carboxylic acids is 1. The molecule has 0 aromatic heterocycles. The maximum atomic E-state index is 12.6. The minimum Gasteiger partial charge on any atom is -0.480 e. The van der Waals surface area contributed by atoms with Crippen LogP contribution in [-0.2, 0) is 16.1 Å². The third-order valence-electron chi connectivity index (χ3n) is 4.15. The van der Waals surface area contributed by atoms with Gasteiger partial charge in [0, 0.05) is 18.4 Å². The number of nitrogens with one attached hydrogen (secondary N) is 1. The number of rotatable bonds is 10. The summed E-state index contributed by atoms with van der Waals surface area (Å²) in [6.07, 6.45) is 3.61. The van der Waals surface area contributed by atoms with Crippen LogP contribution in [0, 0.1) is 11.3 Å². The summed E-state index contributed by atoms with van der Waals surface area (Å²) in [5.41, 5.74) is 1.67. The van der Waals surface area contributed by atoms with Gasteiger partial charge in [0.05, 0.1) is 0 Å². The first-order valence-corrected chi connectivity index (χ1v) is 10.4. The van der Waals surface area contributed by atoms with Crippen molar-refractivity contribution in [1.29, 1.82) is 5.26 Å². The fourth-order valence-electron chi connectivity index (χ4n) is 2.63. The molecule has 0 saturated carbocycles. The molecule has 2 aromatic rings. The highest BCUT2D eigenvalue weighted by molar-refractivity contribution is 7.98. The van der Waals surface area contributed by atoms with Crippen LogP contribution in [0.3, 0.4) is 0 Å². The van der Waals surface area contributed by atoms with Crippen molar-refractivity contribution >= 4 is 29.3 Å². The van der Waals surface area contributed by atoms with Crippen LogP contribution >= 0.6 is 11.8 Å². The van der Waals surface area contributed by atoms with Crippen molar-refractivity contribution in [2.45, 2.75) is 19.0 Å². The molecule has 0 fully saturated rings. The van der Waals surface area contributed by atoms with Crippen molar-refractivity contribution in [2.75, 3.05) is 16.9 Å². The molecule has 0 aliphatic heterocycles. The average molecular weight is 410 g/mol. The lowest BCUT2D eigenvalue weighted by molar-refractivity contribution is -0.141. The second-order valence-electron chi connectivity index (χ2n) is 6.25. The van der Waals surface area contributed by atoms with Crippen molar-refractivity contribution in [3.63, 3.8) is 0 Å². The van der Waals surface area contributed by atoms with Crippen LogP contribution in [0.4, 0.5) is 5.69 Å². The number of thioether (sulfide) groups is 1. The summed E-state index contributed by atoms with van der Waals surface area (Å²) in [4.78, 5) is 25.8. The van der Waals surface area contributed by atoms with Gasteiger partial charge in [-0.25, -0.2) is 4.79 Å². The third kappa shape index (κ3) is 7.01. The number of carboxylic acid groups (broad SMARTS) is 1. The summed E-state index contributed by atoms with van der Waals surface area (Å²) in [5.74, 6) is -1.23. The number of benzene rings is 2. The first-order valence-electron chi connectivity index (χ1n) is 9.05. The van der Waals surface area contributed by atoms with E-state index in [0.29, 0.717) is 12.3 Å². The lowest BCUT2D eigenvalue weighted by Crippen LogP contribution is -2.42. The Morgan fingerprint density at radius 2 is 1.79 bits per heavy atom. The van der Waals surface area contributed by atoms with Gasteiger partial charge in [-0.2, -0.15) is 17.0 Å². The molecule has 0 saturated heterocycles. The first-order chi connectivity index (χ1) is 14.0. The fourth-order valence-corrected chi connectivity index (χ4v) is 3.11. The Balaban J connectivity index is 2.27. The van der Waals surface area contributed by atoms with Gasteiger partial charge in [-0.15, -0.1) is 0 Å². The number of para-hydroxylation sites is 1. The standard InChI is InChI=1S/C22H23N3O3S/c1-29-13-12-20(22(27)28)24-21(26)18(14-23)16-25(19-10-6-3-7-11-19)15-17-8-4-2-5-9-17/h2-11,16,20H,12-13,15H2,1H3,(H,24,26)(H,27,28)/b18-16-. The minimum atomic E-state index is -1.12. The molecular weight excluding hydrogens is 386 g/mol. The van der Waals surface area contributed by atoms with Crippen molar-refractivity contribution in [2.24, 2.45) is 0 Å². The van der Waals surface area contributed by atoms with Crippen LogP contribution in [0.2, 0.25) is 0 Å². The summed E-state index contributed by atoms with van der Waals surface area (Å²) in [6, 6.07) is 19.9. The van der Waals surface area contributed by atoms with Gasteiger partial charge in [-0.05, 0) is 36.1 Å². The molecule has 2 aromatic carbocycles. The van der Waals surface area contributed by atoms with Gasteiger partial charge >= 0.3 is 5.97 Å². The Kier molecular flexibility index (Phi) is 8.80. The molecule has 150 valence electrons. The quantitative estimate of drug-likeness (QED) is 0.461. The molecule has 0 aliphatic carbocycles. The maximum absolute atomic E-state index is 12.6. The van der Waals surface area contributed by atoms with E-state index in [-0.39, 0.29) is 12.0 Å². The number of hydrogen-bond acceptors (Lipinski definition) is 5. The topological polar surface area (TPSA) is 93.4 Å². The number of carbonyl (C=O) groups is 2. The summed E-state index contributed by atoms with van der Waals surface area (Å²) in [5, 5.41) is 21.3. The second-order valence-corrected chi connectivity index (χ2v) is 7.23. The molecule has 0 aliphatic rings. The van der Waals surface area contributed by atoms with Crippen LogP contribution in [-0.4, -0.2) is 35.0 Å². The van der Waals surface area contributed by atoms with Gasteiger partial charge in [0.15, 0.2) is 0 Å². The van der Waals surface area contributed by atoms with Crippen molar-refractivity contribution < 1.29 is 14.7 Å². The van der Waals surface area contributed by atoms with E-state index in [9.17, 15) is 20.0 Å². The molecule has 6 nitrogen and oxygen atoms in total. The molecule has 7 heteroatoms. The molecular formula is C22H23N3O3S. The van der Waals surface area contributed by atoms with Crippen molar-refractivity contribution in [3.8, 4) is 6.07 Å². The lowest BCUT2D eigenvalue weighted by atomic mass is 10.1. The van der Waals surface area contributed by atoms with Gasteiger partial charge in [0.1, 0.15) is 17.7 Å². The normalized spacial score (nSPS) is 11.9. The summed E-state index contributed by atoms with van der Waals surface area (Å²) in [7, 11) is 0. The van der Waals surface area contributed by atoms with Crippen LogP contribution in [0.25, 0.3) is 0 Å². The van der Waals surface area contributed by atoms with E-state index in [1.807, 2.05) is 73.0 Å². The average Bonchev–Trinajstić information content (AvgIpc) is 2.75. The number of carboxylic acids is 1. The highest BCUT2D eigenvalue weighted by atomic mass is 32.2. The van der Waals surface area contributed by atoms with Crippen LogP contribution in [0.1, 0.15) is 12.0 Å². The number of aliphatic carboxylic acids is 1. The Morgan fingerprint density at radius 3 is 2.34 bits per heavy atom. The number of nitriles is 1. The molecule has 1 amide bonds. The molecule has 29 heavy (non-hydrogen) atoms. The highest BCUT2D eigenvalue weighted by Crippen LogP contribution is 2.18. The van der Waals surface area contributed by atoms with Gasteiger partial charge in [-0.3, -0.25) is 4.79 Å². The zero-order chi connectivity index (χ0) is 21.1. The lowest BCUT2D eigenvalue weighted by Gasteiger charge is -2.22. The molecule has 2 N–H and O–H groups in total. The third-order valence-corrected chi connectivity index (χ3v) is 4.79. The molecule has 2 rings (SSSR count). The predicted molar refractivity (Wildman–Crippen MR) is 115 cm³/mol. The van der Waals surface area contributed by atoms with Crippen molar-refractivity contribution in [1.82, 2.24) is 5.32 Å². The first kappa shape index (κ1) is 22.1. The van der Waals surface area contributed by atoms with Gasteiger partial charge in [0.2, 0.25) is 0 Å². The summed E-state index contributed by atoms with van der Waals surface area (Å²) >= 11 is 1.50. The van der Waals surface area contributed by atoms with E-state index in [0.717, 1.165) is 11.3 Å². The van der Waals surface area contributed by atoms with Crippen LogP contribution in [0.5, 0.6) is 0 Å². The number of nitrogens with zero attached hydrogens (tertiary/aromatic N) is 2. The smallest absolute Gasteiger partial charge is 0.326 e. The molecule has 0 heterocycles. The Hall–Kier alpha value is -3.24. The van der Waals surface area contributed by atoms with Gasteiger partial charge < -0.3 is 15.3 Å². The van der Waals surface area contributed by atoms with Crippen molar-refractivity contribution in [3.05, 3.63) is 78.0 Å². The van der Waals surface area contributed by atoms with Gasteiger partial charge in [-0.1, -0.05) is 48.5 Å². The zero-order valence-electron chi connectivity index (χ0n) is 16.1. The van der Waals surface area contributed by atoms with E-state index < -0.39 is 17.9 Å². The molecule has 1 atom stereocenters. The number of amides is 1. The maximum Gasteiger partial charge on any atom is 0.326 e. The van der Waals surface area contributed by atoms with Crippen LogP contribution in [0.15, 0.2) is 72.4 Å². The molecule has 0 radical (unpaired) electrons. The Bertz CT molecular complexity index is 879. The Morgan fingerprint density at radius 1 is 1.17 bits per heavy atom. The zero-order valence-corrected chi connectivity index (χ0v) is 16.9. The second kappa shape index (κ2) is 11.6. The monoisotopic (exact) mass is 409 g/mol. The molecule has 1 unspecified atom stereocenters. The highest BCUT2D eigenvalue weighted by Gasteiger charge is 2.22. The van der Waals surface area contributed by atoms with E-state index in [4.69, 9.17) is 0 Å².